The Morgan fingerprint density at radius 2 is 2.07 bits per heavy atom. The Labute approximate surface area is 79.8 Å². The molecule has 1 atom stereocenters. The van der Waals surface area contributed by atoms with Crippen LogP contribution in [0.3, 0.4) is 0 Å². The number of hydrogen-bond acceptors (Lipinski definition) is 5. The van der Waals surface area contributed by atoms with Crippen LogP contribution < -0.4 is 11.5 Å². The maximum Gasteiger partial charge on any atom is 0.337 e. The molecular weight excluding hydrogens is 192 g/mol. The molecule has 80 valence electrons. The zero-order valence-corrected chi connectivity index (χ0v) is 7.42. The van der Waals surface area contributed by atoms with Gasteiger partial charge in [-0.25, -0.2) is 4.79 Å². The first-order valence-electron chi connectivity index (χ1n) is 3.87. The van der Waals surface area contributed by atoms with E-state index in [2.05, 4.69) is 5.29 Å². The number of primary amides is 1. The molecule has 0 rings (SSSR count). The molecular formula is C6H12N4O4. The highest BCUT2D eigenvalue weighted by Crippen LogP contribution is 1.98. The molecule has 0 saturated carbocycles. The number of nitrogens with two attached hydrogens (primary N) is 2. The van der Waals surface area contributed by atoms with Crippen LogP contribution in [0.5, 0.6) is 0 Å². The Morgan fingerprint density at radius 3 is 2.43 bits per heavy atom. The molecule has 0 aliphatic carbocycles. The predicted octanol–water partition coefficient (Wildman–Crippen LogP) is -0.759. The largest absolute Gasteiger partial charge is 0.480 e. The van der Waals surface area contributed by atoms with Crippen LogP contribution in [0.4, 0.5) is 4.79 Å². The summed E-state index contributed by atoms with van der Waals surface area (Å²) < 4.78 is 0. The van der Waals surface area contributed by atoms with Crippen LogP contribution >= 0.6 is 0 Å². The van der Waals surface area contributed by atoms with E-state index in [-0.39, 0.29) is 19.4 Å². The van der Waals surface area contributed by atoms with Crippen LogP contribution in [-0.4, -0.2) is 34.7 Å². The average molecular weight is 204 g/mol. The molecule has 1 unspecified atom stereocenters. The van der Waals surface area contributed by atoms with Crippen molar-refractivity contribution in [2.24, 2.45) is 16.8 Å². The zero-order valence-electron chi connectivity index (χ0n) is 7.42. The fraction of sp³-hybridized carbons (Fsp3) is 0.667. The highest BCUT2D eigenvalue weighted by molar-refractivity contribution is 5.73. The number of nitrogens with zero attached hydrogens (tertiary/aromatic N) is 2. The topological polar surface area (TPSA) is 139 Å². The number of aliphatic carboxylic acids is 1. The molecule has 0 aromatic carbocycles. The van der Waals surface area contributed by atoms with Gasteiger partial charge in [0, 0.05) is 6.54 Å². The summed E-state index contributed by atoms with van der Waals surface area (Å²) in [6, 6.07) is -1.97. The van der Waals surface area contributed by atoms with Crippen molar-refractivity contribution < 1.29 is 14.7 Å². The normalized spacial score (nSPS) is 11.8. The fourth-order valence-corrected chi connectivity index (χ4v) is 0.776. The van der Waals surface area contributed by atoms with E-state index in [9.17, 15) is 14.5 Å². The molecule has 0 radical (unpaired) electrons. The molecule has 8 nitrogen and oxygen atoms in total. The smallest absolute Gasteiger partial charge is 0.337 e. The lowest BCUT2D eigenvalue weighted by molar-refractivity contribution is -0.138. The first-order chi connectivity index (χ1) is 6.49. The van der Waals surface area contributed by atoms with E-state index >= 15 is 0 Å². The van der Waals surface area contributed by atoms with Gasteiger partial charge in [-0.1, -0.05) is 0 Å². The molecule has 2 amide bonds. The number of carbonyl (C=O) groups is 2. The second-order valence-electron chi connectivity index (χ2n) is 2.63. The first kappa shape index (κ1) is 12.3. The second kappa shape index (κ2) is 5.86. The summed E-state index contributed by atoms with van der Waals surface area (Å²) in [7, 11) is 0. The van der Waals surface area contributed by atoms with Crippen molar-refractivity contribution in [2.75, 3.05) is 6.54 Å². The number of nitroso groups, excluding NO2 is 1. The van der Waals surface area contributed by atoms with Crippen LogP contribution in [0.25, 0.3) is 0 Å². The maximum atomic E-state index is 10.4. The van der Waals surface area contributed by atoms with Gasteiger partial charge in [0.1, 0.15) is 6.04 Å². The van der Waals surface area contributed by atoms with Crippen LogP contribution in [0, 0.1) is 4.91 Å². The summed E-state index contributed by atoms with van der Waals surface area (Å²) in [4.78, 5) is 30.7. The summed E-state index contributed by atoms with van der Waals surface area (Å²) in [6.45, 7) is -0.0280. The molecule has 0 aliphatic rings. The van der Waals surface area contributed by atoms with E-state index in [1.54, 1.807) is 0 Å². The van der Waals surface area contributed by atoms with Gasteiger partial charge >= 0.3 is 12.0 Å². The quantitative estimate of drug-likeness (QED) is 0.385. The average Bonchev–Trinajstić information content (AvgIpc) is 2.11. The van der Waals surface area contributed by atoms with Gasteiger partial charge in [0.2, 0.25) is 0 Å². The van der Waals surface area contributed by atoms with Crippen LogP contribution in [0.15, 0.2) is 5.29 Å². The molecule has 5 N–H and O–H groups in total. The van der Waals surface area contributed by atoms with Gasteiger partial charge in [-0.2, -0.15) is 5.01 Å². The molecule has 0 aromatic heterocycles. The molecule has 0 bridgehead atoms. The molecule has 0 fully saturated rings. The van der Waals surface area contributed by atoms with Gasteiger partial charge in [-0.05, 0) is 12.8 Å². The molecule has 0 aromatic rings. The summed E-state index contributed by atoms with van der Waals surface area (Å²) in [5, 5.41) is 11.3. The minimum Gasteiger partial charge on any atom is -0.480 e. The van der Waals surface area contributed by atoms with Crippen molar-refractivity contribution >= 4 is 12.0 Å². The Kier molecular flexibility index (Phi) is 5.15. The number of carbonyl (C=O) groups excluding carboxylic acids is 1. The number of carboxylic acids is 1. The highest BCUT2D eigenvalue weighted by Gasteiger charge is 2.13. The Hall–Kier alpha value is -1.70. The monoisotopic (exact) mass is 204 g/mol. The van der Waals surface area contributed by atoms with E-state index in [4.69, 9.17) is 16.6 Å². The van der Waals surface area contributed by atoms with Gasteiger partial charge < -0.3 is 16.6 Å². The molecule has 8 heteroatoms. The van der Waals surface area contributed by atoms with Crippen molar-refractivity contribution in [3.63, 3.8) is 0 Å². The molecule has 0 aliphatic heterocycles. The van der Waals surface area contributed by atoms with Gasteiger partial charge in [0.05, 0.1) is 5.29 Å². The van der Waals surface area contributed by atoms with E-state index < -0.39 is 18.0 Å². The third-order valence-electron chi connectivity index (χ3n) is 1.56. The van der Waals surface area contributed by atoms with Crippen LogP contribution in [0.2, 0.25) is 0 Å². The minimum atomic E-state index is -1.13. The van der Waals surface area contributed by atoms with E-state index in [1.807, 2.05) is 0 Å². The number of urea groups is 1. The van der Waals surface area contributed by atoms with Crippen LogP contribution in [-0.2, 0) is 4.79 Å². The summed E-state index contributed by atoms with van der Waals surface area (Å²) in [5.41, 5.74) is 9.95. The molecule has 0 heterocycles. The lowest BCUT2D eigenvalue weighted by Crippen LogP contribution is -2.34. The molecule has 0 saturated heterocycles. The maximum absolute atomic E-state index is 10.4. The Morgan fingerprint density at radius 1 is 1.50 bits per heavy atom. The number of rotatable bonds is 6. The Bertz CT molecular complexity index is 232. The van der Waals surface area contributed by atoms with E-state index in [1.165, 1.54) is 0 Å². The van der Waals surface area contributed by atoms with Crippen molar-refractivity contribution in [1.29, 1.82) is 0 Å². The van der Waals surface area contributed by atoms with Crippen molar-refractivity contribution in [2.45, 2.75) is 18.9 Å². The lowest BCUT2D eigenvalue weighted by Gasteiger charge is -2.10. The SMILES string of the molecule is NC(=O)N(CCCC(N)C(=O)O)N=O. The van der Waals surface area contributed by atoms with Crippen molar-refractivity contribution in [3.8, 4) is 0 Å². The van der Waals surface area contributed by atoms with Gasteiger partial charge in [-0.15, -0.1) is 4.91 Å². The minimum absolute atomic E-state index is 0.0280. The van der Waals surface area contributed by atoms with Crippen molar-refractivity contribution in [3.05, 3.63) is 4.91 Å². The summed E-state index contributed by atoms with van der Waals surface area (Å²) >= 11 is 0. The highest BCUT2D eigenvalue weighted by atomic mass is 16.4. The number of hydrogen-bond donors (Lipinski definition) is 3. The summed E-state index contributed by atoms with van der Waals surface area (Å²) in [5.74, 6) is -1.13. The van der Waals surface area contributed by atoms with E-state index in [0.29, 0.717) is 5.01 Å². The predicted molar refractivity (Wildman–Crippen MR) is 46.9 cm³/mol. The Balaban J connectivity index is 3.77. The van der Waals surface area contributed by atoms with Gasteiger partial charge in [-0.3, -0.25) is 4.79 Å². The van der Waals surface area contributed by atoms with Crippen molar-refractivity contribution in [1.82, 2.24) is 5.01 Å². The summed E-state index contributed by atoms with van der Waals surface area (Å²) in [6.07, 6.45) is 0.400. The second-order valence-corrected chi connectivity index (χ2v) is 2.63. The lowest BCUT2D eigenvalue weighted by atomic mass is 10.2. The number of amides is 2. The molecule has 0 spiro atoms. The fourth-order valence-electron chi connectivity index (χ4n) is 0.776. The van der Waals surface area contributed by atoms with Crippen LogP contribution in [0.1, 0.15) is 12.8 Å². The van der Waals surface area contributed by atoms with Gasteiger partial charge in [0.15, 0.2) is 0 Å². The zero-order chi connectivity index (χ0) is 11.1. The van der Waals surface area contributed by atoms with Gasteiger partial charge in [0.25, 0.3) is 0 Å². The first-order valence-corrected chi connectivity index (χ1v) is 3.87. The number of carboxylic acid groups (broad SMARTS) is 1. The van der Waals surface area contributed by atoms with E-state index in [0.717, 1.165) is 0 Å². The standard InChI is InChI=1S/C6H12N4O4/c7-4(5(11)12)2-1-3-10(9-14)6(8)13/h4H,1-3,7H2,(H2,8,13)(H,11,12). The third-order valence-corrected chi connectivity index (χ3v) is 1.56. The third kappa shape index (κ3) is 4.36. The molecule has 14 heavy (non-hydrogen) atoms.